The molecule has 10 heavy (non-hydrogen) atoms. The molecule has 0 aliphatic carbocycles. The van der Waals surface area contributed by atoms with E-state index in [9.17, 15) is 0 Å². The standard InChI is InChI=1S/C8H16N2/c1(3-9-5-6-9)2-4-10-7-8-10/h1-8H2. The first-order valence-corrected chi connectivity index (χ1v) is 4.40. The second kappa shape index (κ2) is 2.89. The average molecular weight is 140 g/mol. The third-order valence-corrected chi connectivity index (χ3v) is 2.28. The van der Waals surface area contributed by atoms with Crippen molar-refractivity contribution in [2.24, 2.45) is 0 Å². The first kappa shape index (κ1) is 6.62. The van der Waals surface area contributed by atoms with Crippen LogP contribution in [0.2, 0.25) is 0 Å². The largest absolute Gasteiger partial charge is 0.301 e. The van der Waals surface area contributed by atoms with Gasteiger partial charge in [-0.05, 0) is 25.9 Å². The maximum atomic E-state index is 2.50. The Bertz CT molecular complexity index is 91.8. The fourth-order valence-corrected chi connectivity index (χ4v) is 1.26. The van der Waals surface area contributed by atoms with E-state index in [2.05, 4.69) is 9.80 Å². The minimum Gasteiger partial charge on any atom is -0.301 e. The van der Waals surface area contributed by atoms with Gasteiger partial charge in [0.05, 0.1) is 0 Å². The van der Waals surface area contributed by atoms with Crippen LogP contribution in [-0.2, 0) is 0 Å². The van der Waals surface area contributed by atoms with Crippen molar-refractivity contribution in [1.82, 2.24) is 9.80 Å². The van der Waals surface area contributed by atoms with Gasteiger partial charge in [0.1, 0.15) is 0 Å². The summed E-state index contributed by atoms with van der Waals surface area (Å²) >= 11 is 0. The Kier molecular flexibility index (Phi) is 1.91. The van der Waals surface area contributed by atoms with E-state index in [1.54, 1.807) is 0 Å². The van der Waals surface area contributed by atoms with Crippen LogP contribution in [0.3, 0.4) is 0 Å². The lowest BCUT2D eigenvalue weighted by molar-refractivity contribution is 0.471. The smallest absolute Gasteiger partial charge is 0.0110 e. The molecule has 2 saturated heterocycles. The molecule has 0 radical (unpaired) electrons. The van der Waals surface area contributed by atoms with Gasteiger partial charge in [-0.3, -0.25) is 0 Å². The highest BCUT2D eigenvalue weighted by atomic mass is 15.3. The highest BCUT2D eigenvalue weighted by Gasteiger charge is 2.18. The zero-order valence-electron chi connectivity index (χ0n) is 6.55. The van der Waals surface area contributed by atoms with E-state index in [4.69, 9.17) is 0 Å². The van der Waals surface area contributed by atoms with Crippen molar-refractivity contribution in [2.45, 2.75) is 12.8 Å². The Morgan fingerprint density at radius 1 is 0.700 bits per heavy atom. The van der Waals surface area contributed by atoms with Crippen molar-refractivity contribution < 1.29 is 0 Å². The highest BCUT2D eigenvalue weighted by molar-refractivity contribution is 4.74. The molecule has 0 N–H and O–H groups in total. The number of rotatable bonds is 5. The summed E-state index contributed by atoms with van der Waals surface area (Å²) in [5, 5.41) is 0. The van der Waals surface area contributed by atoms with E-state index >= 15 is 0 Å². The van der Waals surface area contributed by atoms with Gasteiger partial charge in [0.2, 0.25) is 0 Å². The lowest BCUT2D eigenvalue weighted by atomic mass is 10.3. The molecular formula is C8H16N2. The normalized spacial score (nSPS) is 25.2. The molecule has 0 saturated carbocycles. The molecule has 2 aliphatic heterocycles. The molecule has 58 valence electrons. The van der Waals surface area contributed by atoms with Crippen LogP contribution in [0.4, 0.5) is 0 Å². The summed E-state index contributed by atoms with van der Waals surface area (Å²) in [7, 11) is 0. The van der Waals surface area contributed by atoms with Gasteiger partial charge in [0, 0.05) is 26.2 Å². The molecule has 0 aromatic heterocycles. The maximum Gasteiger partial charge on any atom is 0.0110 e. The molecule has 2 aliphatic rings. The minimum absolute atomic E-state index is 1.36. The van der Waals surface area contributed by atoms with Crippen LogP contribution >= 0.6 is 0 Å². The Morgan fingerprint density at radius 3 is 1.40 bits per heavy atom. The van der Waals surface area contributed by atoms with Crippen LogP contribution in [0.25, 0.3) is 0 Å². The van der Waals surface area contributed by atoms with Gasteiger partial charge in [-0.25, -0.2) is 0 Å². The second-order valence-corrected chi connectivity index (χ2v) is 3.39. The van der Waals surface area contributed by atoms with E-state index in [0.29, 0.717) is 0 Å². The van der Waals surface area contributed by atoms with E-state index in [1.165, 1.54) is 52.1 Å². The van der Waals surface area contributed by atoms with Gasteiger partial charge >= 0.3 is 0 Å². The zero-order chi connectivity index (χ0) is 6.81. The molecule has 2 rings (SSSR count). The molecule has 0 unspecified atom stereocenters. The molecule has 0 aromatic rings. The lowest BCUT2D eigenvalue weighted by Gasteiger charge is -2.00. The number of hydrogen-bond acceptors (Lipinski definition) is 2. The minimum atomic E-state index is 1.36. The van der Waals surface area contributed by atoms with Crippen LogP contribution in [0.1, 0.15) is 12.8 Å². The van der Waals surface area contributed by atoms with Crippen molar-refractivity contribution in [2.75, 3.05) is 39.3 Å². The van der Waals surface area contributed by atoms with Crippen molar-refractivity contribution in [3.05, 3.63) is 0 Å². The van der Waals surface area contributed by atoms with Gasteiger partial charge in [-0.15, -0.1) is 0 Å². The molecule has 0 spiro atoms. The lowest BCUT2D eigenvalue weighted by Crippen LogP contribution is -2.04. The monoisotopic (exact) mass is 140 g/mol. The van der Waals surface area contributed by atoms with Crippen LogP contribution in [0.5, 0.6) is 0 Å². The summed E-state index contributed by atoms with van der Waals surface area (Å²) in [6.07, 6.45) is 2.83. The highest BCUT2D eigenvalue weighted by Crippen LogP contribution is 2.08. The topological polar surface area (TPSA) is 6.02 Å². The molecule has 0 aromatic carbocycles. The van der Waals surface area contributed by atoms with Crippen LogP contribution in [0.15, 0.2) is 0 Å². The van der Waals surface area contributed by atoms with E-state index < -0.39 is 0 Å². The Labute approximate surface area is 62.8 Å². The van der Waals surface area contributed by atoms with Crippen LogP contribution < -0.4 is 0 Å². The molecule has 2 nitrogen and oxygen atoms in total. The van der Waals surface area contributed by atoms with Crippen molar-refractivity contribution >= 4 is 0 Å². The molecule has 2 heterocycles. The predicted molar refractivity (Wildman–Crippen MR) is 42.1 cm³/mol. The van der Waals surface area contributed by atoms with Crippen LogP contribution in [0, 0.1) is 0 Å². The summed E-state index contributed by atoms with van der Waals surface area (Å²) in [6, 6.07) is 0. The molecule has 0 atom stereocenters. The second-order valence-electron chi connectivity index (χ2n) is 3.39. The van der Waals surface area contributed by atoms with Gasteiger partial charge in [0.15, 0.2) is 0 Å². The maximum absolute atomic E-state index is 2.50. The van der Waals surface area contributed by atoms with Gasteiger partial charge in [-0.1, -0.05) is 0 Å². The number of nitrogens with zero attached hydrogens (tertiary/aromatic N) is 2. The first-order valence-electron chi connectivity index (χ1n) is 4.40. The van der Waals surface area contributed by atoms with E-state index in [0.717, 1.165) is 0 Å². The van der Waals surface area contributed by atoms with E-state index in [1.807, 2.05) is 0 Å². The molecular weight excluding hydrogens is 124 g/mol. The first-order chi connectivity index (χ1) is 4.95. The van der Waals surface area contributed by atoms with Crippen molar-refractivity contribution in [3.63, 3.8) is 0 Å². The summed E-state index contributed by atoms with van der Waals surface area (Å²) in [4.78, 5) is 5.00. The third kappa shape index (κ3) is 2.27. The summed E-state index contributed by atoms with van der Waals surface area (Å²) in [6.45, 7) is 8.17. The van der Waals surface area contributed by atoms with Crippen LogP contribution in [-0.4, -0.2) is 49.1 Å². The molecule has 0 bridgehead atoms. The fourth-order valence-electron chi connectivity index (χ4n) is 1.26. The predicted octanol–water partition coefficient (Wildman–Crippen LogP) is 0.398. The summed E-state index contributed by atoms with van der Waals surface area (Å²) in [5.74, 6) is 0. The van der Waals surface area contributed by atoms with Crippen molar-refractivity contribution in [1.29, 1.82) is 0 Å². The third-order valence-electron chi connectivity index (χ3n) is 2.28. The Hall–Kier alpha value is -0.0800. The Morgan fingerprint density at radius 2 is 1.10 bits per heavy atom. The summed E-state index contributed by atoms with van der Waals surface area (Å²) in [5.41, 5.74) is 0. The van der Waals surface area contributed by atoms with E-state index in [-0.39, 0.29) is 0 Å². The fraction of sp³-hybridized carbons (Fsp3) is 1.00. The summed E-state index contributed by atoms with van der Waals surface area (Å²) < 4.78 is 0. The van der Waals surface area contributed by atoms with Gasteiger partial charge in [0.25, 0.3) is 0 Å². The average Bonchev–Trinajstić information content (AvgIpc) is 2.77. The quantitative estimate of drug-likeness (QED) is 0.402. The number of unbranched alkanes of at least 4 members (excludes halogenated alkanes) is 1. The zero-order valence-corrected chi connectivity index (χ0v) is 6.55. The Balaban J connectivity index is 1.40. The SMILES string of the molecule is C(CCN1CC1)CN1CC1. The molecule has 0 amide bonds. The number of hydrogen-bond donors (Lipinski definition) is 0. The van der Waals surface area contributed by atoms with Gasteiger partial charge in [-0.2, -0.15) is 0 Å². The van der Waals surface area contributed by atoms with Gasteiger partial charge < -0.3 is 9.80 Å². The molecule has 2 fully saturated rings. The molecule has 2 heteroatoms. The van der Waals surface area contributed by atoms with Crippen molar-refractivity contribution in [3.8, 4) is 0 Å².